The van der Waals surface area contributed by atoms with Gasteiger partial charge in [-0.2, -0.15) is 0 Å². The van der Waals surface area contributed by atoms with Gasteiger partial charge in [-0.05, 0) is 26.3 Å². The second kappa shape index (κ2) is 6.95. The van der Waals surface area contributed by atoms with E-state index in [1.807, 2.05) is 0 Å². The number of rotatable bonds is 5. The van der Waals surface area contributed by atoms with Crippen molar-refractivity contribution in [3.8, 4) is 39.9 Å². The molecule has 0 atom stereocenters. The summed E-state index contributed by atoms with van der Waals surface area (Å²) in [5.74, 6) is -1.84. The van der Waals surface area contributed by atoms with Gasteiger partial charge in [-0.3, -0.25) is 9.59 Å². The van der Waals surface area contributed by atoms with E-state index in [0.717, 1.165) is 6.07 Å². The van der Waals surface area contributed by atoms with Gasteiger partial charge in [0.15, 0.2) is 11.6 Å². The van der Waals surface area contributed by atoms with E-state index < -0.39 is 17.3 Å². The summed E-state index contributed by atoms with van der Waals surface area (Å²) in [6.45, 7) is 4.05. The Morgan fingerprint density at radius 1 is 0.808 bits per heavy atom. The maximum absolute atomic E-state index is 12.0. The Balaban J connectivity index is 3.02. The van der Waals surface area contributed by atoms with Crippen LogP contribution in [0.3, 0.4) is 0 Å². The maximum atomic E-state index is 12.0. The highest BCUT2D eigenvalue weighted by molar-refractivity contribution is 6.05. The molecule has 0 fully saturated rings. The molecule has 0 bridgehead atoms. The van der Waals surface area contributed by atoms with Gasteiger partial charge in [0.05, 0.1) is 25.3 Å². The van der Waals surface area contributed by atoms with E-state index in [9.17, 15) is 24.9 Å². The van der Waals surface area contributed by atoms with Crippen molar-refractivity contribution < 1.29 is 34.4 Å². The van der Waals surface area contributed by atoms with Crippen molar-refractivity contribution in [2.45, 2.75) is 20.8 Å². The molecule has 138 valence electrons. The SMILES string of the molecule is COc1cc(OC)c(-c2c(O)cc(O)c(C(C)=O)c2C)c(O)c1C(C)=O. The zero-order valence-corrected chi connectivity index (χ0v) is 15.1. The van der Waals surface area contributed by atoms with Gasteiger partial charge in [-0.25, -0.2) is 0 Å². The van der Waals surface area contributed by atoms with Gasteiger partial charge in [0.25, 0.3) is 0 Å². The number of ether oxygens (including phenoxy) is 2. The van der Waals surface area contributed by atoms with Gasteiger partial charge >= 0.3 is 0 Å². The molecule has 0 spiro atoms. The first-order valence-corrected chi connectivity index (χ1v) is 7.71. The molecule has 2 aromatic carbocycles. The molecule has 0 amide bonds. The second-order valence-electron chi connectivity index (χ2n) is 5.78. The number of ketones is 2. The van der Waals surface area contributed by atoms with Crippen LogP contribution in [0.4, 0.5) is 0 Å². The normalized spacial score (nSPS) is 10.5. The summed E-state index contributed by atoms with van der Waals surface area (Å²) >= 11 is 0. The molecule has 2 aromatic rings. The first-order chi connectivity index (χ1) is 12.1. The van der Waals surface area contributed by atoms with E-state index in [-0.39, 0.29) is 50.8 Å². The molecular formula is C19H20O7. The highest BCUT2D eigenvalue weighted by atomic mass is 16.5. The number of carbonyl (C=O) groups is 2. The monoisotopic (exact) mass is 360 g/mol. The average Bonchev–Trinajstić information content (AvgIpc) is 2.54. The van der Waals surface area contributed by atoms with Crippen molar-refractivity contribution in [2.75, 3.05) is 14.2 Å². The fraction of sp³-hybridized carbons (Fsp3) is 0.263. The first-order valence-electron chi connectivity index (χ1n) is 7.71. The van der Waals surface area contributed by atoms with Crippen molar-refractivity contribution >= 4 is 11.6 Å². The zero-order chi connectivity index (χ0) is 19.8. The van der Waals surface area contributed by atoms with Gasteiger partial charge < -0.3 is 24.8 Å². The Morgan fingerprint density at radius 3 is 1.81 bits per heavy atom. The Morgan fingerprint density at radius 2 is 1.35 bits per heavy atom. The van der Waals surface area contributed by atoms with Gasteiger partial charge in [0.2, 0.25) is 0 Å². The summed E-state index contributed by atoms with van der Waals surface area (Å²) in [6, 6.07) is 2.42. The van der Waals surface area contributed by atoms with E-state index in [4.69, 9.17) is 9.47 Å². The Labute approximate surface area is 150 Å². The number of phenols is 3. The summed E-state index contributed by atoms with van der Waals surface area (Å²) in [7, 11) is 2.70. The van der Waals surface area contributed by atoms with Crippen LogP contribution in [0.15, 0.2) is 12.1 Å². The van der Waals surface area contributed by atoms with Crippen LogP contribution >= 0.6 is 0 Å². The fourth-order valence-electron chi connectivity index (χ4n) is 3.07. The van der Waals surface area contributed by atoms with Crippen molar-refractivity contribution in [1.29, 1.82) is 0 Å². The Hall–Kier alpha value is -3.22. The van der Waals surface area contributed by atoms with Crippen molar-refractivity contribution in [3.63, 3.8) is 0 Å². The lowest BCUT2D eigenvalue weighted by Gasteiger charge is -2.20. The summed E-state index contributed by atoms with van der Waals surface area (Å²) in [6.07, 6.45) is 0. The fourth-order valence-corrected chi connectivity index (χ4v) is 3.07. The summed E-state index contributed by atoms with van der Waals surface area (Å²) in [5, 5.41) is 31.1. The van der Waals surface area contributed by atoms with Crippen LogP contribution in [0.25, 0.3) is 11.1 Å². The van der Waals surface area contributed by atoms with E-state index in [1.165, 1.54) is 41.1 Å². The van der Waals surface area contributed by atoms with E-state index in [0.29, 0.717) is 0 Å². The summed E-state index contributed by atoms with van der Waals surface area (Å²) in [4.78, 5) is 23.9. The number of hydrogen-bond donors (Lipinski definition) is 3. The second-order valence-corrected chi connectivity index (χ2v) is 5.78. The van der Waals surface area contributed by atoms with E-state index in [1.54, 1.807) is 0 Å². The van der Waals surface area contributed by atoms with Crippen LogP contribution in [-0.4, -0.2) is 41.1 Å². The molecule has 0 aliphatic carbocycles. The molecule has 0 aliphatic heterocycles. The Kier molecular flexibility index (Phi) is 5.11. The number of methoxy groups -OCH3 is 2. The van der Waals surface area contributed by atoms with Crippen molar-refractivity contribution in [2.24, 2.45) is 0 Å². The molecule has 0 heterocycles. The topological polar surface area (TPSA) is 113 Å². The van der Waals surface area contributed by atoms with Crippen LogP contribution < -0.4 is 9.47 Å². The molecule has 2 rings (SSSR count). The molecule has 0 aliphatic rings. The minimum atomic E-state index is -0.453. The van der Waals surface area contributed by atoms with Crippen molar-refractivity contribution in [3.05, 3.63) is 28.8 Å². The lowest BCUT2D eigenvalue weighted by Crippen LogP contribution is -2.04. The van der Waals surface area contributed by atoms with Crippen LogP contribution in [-0.2, 0) is 0 Å². The van der Waals surface area contributed by atoms with Gasteiger partial charge in [-0.1, -0.05) is 0 Å². The highest BCUT2D eigenvalue weighted by Gasteiger charge is 2.28. The molecule has 0 saturated heterocycles. The number of benzene rings is 2. The first kappa shape index (κ1) is 19.1. The third-order valence-electron chi connectivity index (χ3n) is 4.16. The molecule has 0 saturated carbocycles. The Bertz CT molecular complexity index is 913. The lowest BCUT2D eigenvalue weighted by atomic mass is 9.90. The molecule has 0 aromatic heterocycles. The minimum Gasteiger partial charge on any atom is -0.507 e. The number of aromatic hydroxyl groups is 3. The molecule has 7 nitrogen and oxygen atoms in total. The number of phenolic OH excluding ortho intramolecular Hbond substituents is 3. The molecule has 0 radical (unpaired) electrons. The molecule has 26 heavy (non-hydrogen) atoms. The lowest BCUT2D eigenvalue weighted by molar-refractivity contribution is 0.0999. The number of hydrogen-bond acceptors (Lipinski definition) is 7. The largest absolute Gasteiger partial charge is 0.507 e. The highest BCUT2D eigenvalue weighted by Crippen LogP contribution is 2.50. The van der Waals surface area contributed by atoms with E-state index >= 15 is 0 Å². The van der Waals surface area contributed by atoms with Gasteiger partial charge in [-0.15, -0.1) is 0 Å². The zero-order valence-electron chi connectivity index (χ0n) is 15.1. The predicted octanol–water partition coefficient (Wildman–Crippen LogP) is 3.20. The smallest absolute Gasteiger partial charge is 0.167 e. The molecule has 7 heteroatoms. The van der Waals surface area contributed by atoms with Gasteiger partial charge in [0, 0.05) is 17.7 Å². The third kappa shape index (κ3) is 2.92. The van der Waals surface area contributed by atoms with Crippen molar-refractivity contribution in [1.82, 2.24) is 0 Å². The number of carbonyl (C=O) groups excluding carboxylic acids is 2. The molecular weight excluding hydrogens is 340 g/mol. The summed E-state index contributed by atoms with van der Waals surface area (Å²) in [5.41, 5.74) is 0.255. The molecule has 0 unspecified atom stereocenters. The summed E-state index contributed by atoms with van der Waals surface area (Å²) < 4.78 is 10.4. The predicted molar refractivity (Wildman–Crippen MR) is 94.7 cm³/mol. The standard InChI is InChI=1S/C19H20O7/c1-8-15(9(2)20)11(22)6-12(23)16(8)18-14(26-5)7-13(25-4)17(10(3)21)19(18)24/h6-7,22-24H,1-5H3. The number of Topliss-reactive ketones (excluding diaryl/α,β-unsaturated/α-hetero) is 2. The quantitative estimate of drug-likeness (QED) is 0.702. The minimum absolute atomic E-state index is 0.000513. The van der Waals surface area contributed by atoms with Gasteiger partial charge in [0.1, 0.15) is 34.3 Å². The maximum Gasteiger partial charge on any atom is 0.167 e. The third-order valence-corrected chi connectivity index (χ3v) is 4.16. The van der Waals surface area contributed by atoms with Crippen LogP contribution in [0.2, 0.25) is 0 Å². The van der Waals surface area contributed by atoms with Crippen LogP contribution in [0.5, 0.6) is 28.7 Å². The van der Waals surface area contributed by atoms with Crippen LogP contribution in [0.1, 0.15) is 40.1 Å². The van der Waals surface area contributed by atoms with E-state index in [2.05, 4.69) is 0 Å². The molecule has 3 N–H and O–H groups in total. The average molecular weight is 360 g/mol. The van der Waals surface area contributed by atoms with Crippen LogP contribution in [0, 0.1) is 6.92 Å².